The van der Waals surface area contributed by atoms with E-state index in [1.165, 1.54) is 0 Å². The van der Waals surface area contributed by atoms with Gasteiger partial charge >= 0.3 is 0 Å². The third kappa shape index (κ3) is 3.74. The number of rotatable bonds is 4. The minimum atomic E-state index is 0.316. The van der Waals surface area contributed by atoms with E-state index >= 15 is 0 Å². The number of hydrogen-bond acceptors (Lipinski definition) is 3. The smallest absolute Gasteiger partial charge is 0.225 e. The monoisotopic (exact) mass is 385 g/mol. The maximum Gasteiger partial charge on any atom is 0.225 e. The molecule has 0 spiro atoms. The van der Waals surface area contributed by atoms with Gasteiger partial charge in [0.05, 0.1) is 5.02 Å². The van der Waals surface area contributed by atoms with E-state index in [1.807, 2.05) is 18.0 Å². The number of anilines is 1. The van der Waals surface area contributed by atoms with Gasteiger partial charge in [-0.15, -0.1) is 0 Å². The predicted octanol–water partition coefficient (Wildman–Crippen LogP) is 3.58. The van der Waals surface area contributed by atoms with Crippen LogP contribution in [0.2, 0.25) is 5.02 Å². The van der Waals surface area contributed by atoms with Gasteiger partial charge in [-0.2, -0.15) is 0 Å². The van der Waals surface area contributed by atoms with Crippen LogP contribution in [0, 0.1) is 11.8 Å². The molecule has 2 fully saturated rings. The molecule has 2 heterocycles. The van der Waals surface area contributed by atoms with E-state index in [0.717, 1.165) is 55.6 Å². The van der Waals surface area contributed by atoms with Crippen LogP contribution in [-0.2, 0) is 4.79 Å². The Balaban J connectivity index is 1.52. The van der Waals surface area contributed by atoms with Gasteiger partial charge in [-0.1, -0.05) is 11.6 Å². The Labute approximate surface area is 145 Å². The predicted molar refractivity (Wildman–Crippen MR) is 92.2 cm³/mol. The summed E-state index contributed by atoms with van der Waals surface area (Å²) in [6, 6.07) is 1.89. The van der Waals surface area contributed by atoms with Gasteiger partial charge < -0.3 is 9.80 Å². The molecule has 4 nitrogen and oxygen atoms in total. The fourth-order valence-electron chi connectivity index (χ4n) is 3.09. The van der Waals surface area contributed by atoms with Crippen LogP contribution in [-0.4, -0.2) is 42.5 Å². The number of amides is 1. The largest absolute Gasteiger partial charge is 0.355 e. The van der Waals surface area contributed by atoms with Crippen molar-refractivity contribution in [3.05, 3.63) is 21.8 Å². The zero-order valence-electron chi connectivity index (χ0n) is 12.8. The van der Waals surface area contributed by atoms with Crippen LogP contribution in [0.3, 0.4) is 0 Å². The molecule has 0 aromatic carbocycles. The highest BCUT2D eigenvalue weighted by molar-refractivity contribution is 9.10. The summed E-state index contributed by atoms with van der Waals surface area (Å²) in [4.78, 5) is 20.6. The first kappa shape index (κ1) is 16.1. The molecule has 1 aromatic rings. The molecule has 120 valence electrons. The molecule has 0 N–H and O–H groups in total. The van der Waals surface area contributed by atoms with Crippen LogP contribution in [0.15, 0.2) is 16.7 Å². The first-order valence-corrected chi connectivity index (χ1v) is 9.02. The Morgan fingerprint density at radius 1 is 1.41 bits per heavy atom. The van der Waals surface area contributed by atoms with Gasteiger partial charge in [0, 0.05) is 43.3 Å². The van der Waals surface area contributed by atoms with E-state index in [1.54, 1.807) is 6.20 Å². The molecule has 3 rings (SSSR count). The van der Waals surface area contributed by atoms with Crippen LogP contribution < -0.4 is 4.90 Å². The highest BCUT2D eigenvalue weighted by atomic mass is 79.9. The van der Waals surface area contributed by atoms with Crippen molar-refractivity contribution in [1.82, 2.24) is 9.88 Å². The standard InChI is InChI=1S/C16H21BrClN3O/c1-20(16(22)12-2-3-12)10-11-4-6-21(7-5-11)15-14(18)8-13(17)9-19-15/h8-9,11-12H,2-7,10H2,1H3. The molecule has 2 aliphatic rings. The van der Waals surface area contributed by atoms with Crippen molar-refractivity contribution in [3.8, 4) is 0 Å². The third-order valence-electron chi connectivity index (χ3n) is 4.54. The molecule has 6 heteroatoms. The van der Waals surface area contributed by atoms with Crippen LogP contribution in [0.25, 0.3) is 0 Å². The molecule has 1 aliphatic carbocycles. The number of carbonyl (C=O) groups is 1. The average molecular weight is 387 g/mol. The van der Waals surface area contributed by atoms with Gasteiger partial charge in [0.15, 0.2) is 0 Å². The van der Waals surface area contributed by atoms with Crippen molar-refractivity contribution in [2.24, 2.45) is 11.8 Å². The highest BCUT2D eigenvalue weighted by Crippen LogP contribution is 2.32. The second-order valence-electron chi connectivity index (χ2n) is 6.38. The fraction of sp³-hybridized carbons (Fsp3) is 0.625. The summed E-state index contributed by atoms with van der Waals surface area (Å²) < 4.78 is 0.899. The van der Waals surface area contributed by atoms with E-state index in [2.05, 4.69) is 25.8 Å². The number of piperidine rings is 1. The van der Waals surface area contributed by atoms with Crippen LogP contribution in [0.4, 0.5) is 5.82 Å². The van der Waals surface area contributed by atoms with Crippen molar-refractivity contribution < 1.29 is 4.79 Å². The minimum absolute atomic E-state index is 0.316. The Hall–Kier alpha value is -0.810. The van der Waals surface area contributed by atoms with E-state index in [0.29, 0.717) is 22.8 Å². The number of carbonyl (C=O) groups excluding carboxylic acids is 1. The van der Waals surface area contributed by atoms with Crippen LogP contribution in [0.5, 0.6) is 0 Å². The van der Waals surface area contributed by atoms with Gasteiger partial charge in [0.2, 0.25) is 5.91 Å². The molecule has 1 amide bonds. The summed E-state index contributed by atoms with van der Waals surface area (Å²) in [7, 11) is 1.94. The Kier molecular flexibility index (Phi) is 4.93. The van der Waals surface area contributed by atoms with Gasteiger partial charge in [0.1, 0.15) is 5.82 Å². The molecule has 0 radical (unpaired) electrons. The summed E-state index contributed by atoms with van der Waals surface area (Å²) in [5.74, 6) is 2.10. The molecule has 22 heavy (non-hydrogen) atoms. The number of aromatic nitrogens is 1. The van der Waals surface area contributed by atoms with Crippen molar-refractivity contribution in [2.45, 2.75) is 25.7 Å². The second-order valence-corrected chi connectivity index (χ2v) is 7.71. The van der Waals surface area contributed by atoms with Crippen molar-refractivity contribution >= 4 is 39.3 Å². The molecule has 0 bridgehead atoms. The molecular weight excluding hydrogens is 366 g/mol. The van der Waals surface area contributed by atoms with Gasteiger partial charge in [-0.25, -0.2) is 4.98 Å². The van der Waals surface area contributed by atoms with Gasteiger partial charge in [0.25, 0.3) is 0 Å². The number of hydrogen-bond donors (Lipinski definition) is 0. The van der Waals surface area contributed by atoms with Gasteiger partial charge in [-0.3, -0.25) is 4.79 Å². The van der Waals surface area contributed by atoms with Crippen molar-refractivity contribution in [2.75, 3.05) is 31.6 Å². The lowest BCUT2D eigenvalue weighted by molar-refractivity contribution is -0.131. The minimum Gasteiger partial charge on any atom is -0.355 e. The Morgan fingerprint density at radius 2 is 2.09 bits per heavy atom. The molecule has 0 atom stereocenters. The van der Waals surface area contributed by atoms with Crippen molar-refractivity contribution in [1.29, 1.82) is 0 Å². The molecule has 0 unspecified atom stereocenters. The molecule has 1 aliphatic heterocycles. The summed E-state index contributed by atoms with van der Waals surface area (Å²) in [6.45, 7) is 2.78. The van der Waals surface area contributed by atoms with Crippen LogP contribution in [0.1, 0.15) is 25.7 Å². The van der Waals surface area contributed by atoms with Gasteiger partial charge in [-0.05, 0) is 53.6 Å². The van der Waals surface area contributed by atoms with Crippen molar-refractivity contribution in [3.63, 3.8) is 0 Å². The summed E-state index contributed by atoms with van der Waals surface area (Å²) in [5, 5.41) is 0.689. The first-order chi connectivity index (χ1) is 10.5. The average Bonchev–Trinajstić information content (AvgIpc) is 3.32. The third-order valence-corrected chi connectivity index (χ3v) is 5.25. The second kappa shape index (κ2) is 6.75. The Morgan fingerprint density at radius 3 is 2.68 bits per heavy atom. The van der Waals surface area contributed by atoms with E-state index < -0.39 is 0 Å². The van der Waals surface area contributed by atoms with E-state index in [9.17, 15) is 4.79 Å². The Bertz CT molecular complexity index is 556. The zero-order valence-corrected chi connectivity index (χ0v) is 15.1. The number of nitrogens with zero attached hydrogens (tertiary/aromatic N) is 3. The molecule has 1 saturated carbocycles. The number of pyridine rings is 1. The molecule has 1 saturated heterocycles. The normalized spacial score (nSPS) is 19.3. The SMILES string of the molecule is CN(CC1CCN(c2ncc(Br)cc2Cl)CC1)C(=O)C1CC1. The fourth-order valence-corrected chi connectivity index (χ4v) is 3.84. The topological polar surface area (TPSA) is 36.4 Å². The quantitative estimate of drug-likeness (QED) is 0.793. The lowest BCUT2D eigenvalue weighted by Gasteiger charge is -2.35. The lowest BCUT2D eigenvalue weighted by atomic mass is 9.96. The maximum atomic E-state index is 12.0. The highest BCUT2D eigenvalue weighted by Gasteiger charge is 2.33. The summed E-state index contributed by atoms with van der Waals surface area (Å²) in [5.41, 5.74) is 0. The molecule has 1 aromatic heterocycles. The first-order valence-electron chi connectivity index (χ1n) is 7.85. The maximum absolute atomic E-state index is 12.0. The zero-order chi connectivity index (χ0) is 15.7. The summed E-state index contributed by atoms with van der Waals surface area (Å²) >= 11 is 9.66. The van der Waals surface area contributed by atoms with E-state index in [4.69, 9.17) is 11.6 Å². The summed E-state index contributed by atoms with van der Waals surface area (Å²) in [6.07, 6.45) is 6.10. The number of halogens is 2. The van der Waals surface area contributed by atoms with E-state index in [-0.39, 0.29) is 0 Å². The lowest BCUT2D eigenvalue weighted by Crippen LogP contribution is -2.40. The molecular formula is C16H21BrClN3O. The van der Waals surface area contributed by atoms with Crippen LogP contribution >= 0.6 is 27.5 Å².